The number of ether oxygens (including phenoxy) is 1. The molecule has 0 spiro atoms. The van der Waals surface area contributed by atoms with E-state index in [1.165, 1.54) is 13.4 Å². The molecular formula is C10H10N4O2. The Labute approximate surface area is 91.8 Å². The summed E-state index contributed by atoms with van der Waals surface area (Å²) in [5.74, 6) is -0.358. The fourth-order valence-corrected chi connectivity index (χ4v) is 1.39. The molecule has 0 aliphatic rings. The van der Waals surface area contributed by atoms with Crippen molar-refractivity contribution in [2.75, 3.05) is 7.11 Å². The molecule has 0 amide bonds. The van der Waals surface area contributed by atoms with E-state index in [2.05, 4.69) is 15.5 Å². The van der Waals surface area contributed by atoms with Gasteiger partial charge in [0.2, 0.25) is 0 Å². The number of esters is 1. The summed E-state index contributed by atoms with van der Waals surface area (Å²) in [7, 11) is 1.36. The highest BCUT2D eigenvalue weighted by atomic mass is 16.5. The predicted octanol–water partition coefficient (Wildman–Crippen LogP) is 0.508. The van der Waals surface area contributed by atoms with Crippen LogP contribution in [0.1, 0.15) is 15.9 Å². The summed E-state index contributed by atoms with van der Waals surface area (Å²) in [6.45, 7) is 0.443. The summed E-state index contributed by atoms with van der Waals surface area (Å²) in [5, 5.41) is 10.8. The van der Waals surface area contributed by atoms with Gasteiger partial charge in [-0.15, -0.1) is 5.10 Å². The Morgan fingerprint density at radius 1 is 1.44 bits per heavy atom. The largest absolute Gasteiger partial charge is 0.465 e. The van der Waals surface area contributed by atoms with Crippen LogP contribution in [0.4, 0.5) is 0 Å². The van der Waals surface area contributed by atoms with Gasteiger partial charge in [0.1, 0.15) is 6.33 Å². The van der Waals surface area contributed by atoms with Gasteiger partial charge in [-0.1, -0.05) is 18.2 Å². The molecule has 1 heterocycles. The molecule has 6 heteroatoms. The van der Waals surface area contributed by atoms with Crippen LogP contribution >= 0.6 is 0 Å². The van der Waals surface area contributed by atoms with E-state index >= 15 is 0 Å². The molecular weight excluding hydrogens is 208 g/mol. The minimum atomic E-state index is -0.358. The molecule has 16 heavy (non-hydrogen) atoms. The fourth-order valence-electron chi connectivity index (χ4n) is 1.39. The SMILES string of the molecule is COC(=O)c1ccccc1Cn1cnnn1. The number of hydrogen-bond donors (Lipinski definition) is 0. The van der Waals surface area contributed by atoms with Crippen LogP contribution in [-0.2, 0) is 11.3 Å². The Morgan fingerprint density at radius 3 is 2.94 bits per heavy atom. The first kappa shape index (κ1) is 10.3. The van der Waals surface area contributed by atoms with Crippen molar-refractivity contribution >= 4 is 5.97 Å². The van der Waals surface area contributed by atoms with E-state index in [4.69, 9.17) is 4.74 Å². The lowest BCUT2D eigenvalue weighted by Crippen LogP contribution is -2.09. The Hall–Kier alpha value is -2.24. The first-order chi connectivity index (χ1) is 7.81. The maximum absolute atomic E-state index is 11.5. The second-order valence-electron chi connectivity index (χ2n) is 3.16. The van der Waals surface area contributed by atoms with Crippen LogP contribution < -0.4 is 0 Å². The Bertz CT molecular complexity index is 481. The zero-order chi connectivity index (χ0) is 11.4. The maximum atomic E-state index is 11.5. The van der Waals surface area contributed by atoms with Crippen LogP contribution in [0.15, 0.2) is 30.6 Å². The summed E-state index contributed by atoms with van der Waals surface area (Å²) in [5.41, 5.74) is 1.35. The summed E-state index contributed by atoms with van der Waals surface area (Å²) >= 11 is 0. The smallest absolute Gasteiger partial charge is 0.338 e. The monoisotopic (exact) mass is 218 g/mol. The number of methoxy groups -OCH3 is 1. The molecule has 0 saturated heterocycles. The molecule has 0 aliphatic heterocycles. The van der Waals surface area contributed by atoms with E-state index in [-0.39, 0.29) is 5.97 Å². The van der Waals surface area contributed by atoms with Crippen LogP contribution in [0.2, 0.25) is 0 Å². The summed E-state index contributed by atoms with van der Waals surface area (Å²) in [6.07, 6.45) is 1.49. The zero-order valence-electron chi connectivity index (χ0n) is 8.70. The number of nitrogens with zero attached hydrogens (tertiary/aromatic N) is 4. The minimum absolute atomic E-state index is 0.358. The van der Waals surface area contributed by atoms with Crippen molar-refractivity contribution in [3.05, 3.63) is 41.7 Å². The third-order valence-electron chi connectivity index (χ3n) is 2.15. The molecule has 2 rings (SSSR count). The van der Waals surface area contributed by atoms with Gasteiger partial charge in [0.05, 0.1) is 19.2 Å². The van der Waals surface area contributed by atoms with E-state index in [0.717, 1.165) is 5.56 Å². The predicted molar refractivity (Wildman–Crippen MR) is 54.7 cm³/mol. The van der Waals surface area contributed by atoms with E-state index in [9.17, 15) is 4.79 Å². The molecule has 0 atom stereocenters. The molecule has 0 aliphatic carbocycles. The average molecular weight is 218 g/mol. The van der Waals surface area contributed by atoms with Crippen molar-refractivity contribution in [3.63, 3.8) is 0 Å². The molecule has 0 bridgehead atoms. The summed E-state index contributed by atoms with van der Waals surface area (Å²) in [4.78, 5) is 11.5. The topological polar surface area (TPSA) is 69.9 Å². The number of carbonyl (C=O) groups excluding carboxylic acids is 1. The number of carbonyl (C=O) groups is 1. The van der Waals surface area contributed by atoms with Crippen LogP contribution in [0, 0.1) is 0 Å². The molecule has 0 saturated carbocycles. The van der Waals surface area contributed by atoms with E-state index < -0.39 is 0 Å². The number of hydrogen-bond acceptors (Lipinski definition) is 5. The lowest BCUT2D eigenvalue weighted by molar-refractivity contribution is 0.0599. The van der Waals surface area contributed by atoms with E-state index in [1.807, 2.05) is 12.1 Å². The van der Waals surface area contributed by atoms with Gasteiger partial charge in [0.15, 0.2) is 0 Å². The van der Waals surface area contributed by atoms with Gasteiger partial charge in [-0.05, 0) is 22.1 Å². The highest BCUT2D eigenvalue weighted by molar-refractivity contribution is 5.90. The second-order valence-corrected chi connectivity index (χ2v) is 3.16. The Kier molecular flexibility index (Phi) is 2.90. The van der Waals surface area contributed by atoms with Gasteiger partial charge >= 0.3 is 5.97 Å². The van der Waals surface area contributed by atoms with Crippen molar-refractivity contribution in [3.8, 4) is 0 Å². The first-order valence-electron chi connectivity index (χ1n) is 4.68. The molecule has 0 unspecified atom stereocenters. The summed E-state index contributed by atoms with van der Waals surface area (Å²) < 4.78 is 6.24. The van der Waals surface area contributed by atoms with Crippen LogP contribution in [0.3, 0.4) is 0 Å². The number of benzene rings is 1. The standard InChI is InChI=1S/C10H10N4O2/c1-16-10(15)9-5-3-2-4-8(9)6-14-7-11-12-13-14/h2-5,7H,6H2,1H3. The van der Waals surface area contributed by atoms with Crippen LogP contribution in [-0.4, -0.2) is 33.3 Å². The molecule has 0 radical (unpaired) electrons. The first-order valence-corrected chi connectivity index (χ1v) is 4.68. The van der Waals surface area contributed by atoms with E-state index in [1.54, 1.807) is 16.8 Å². The van der Waals surface area contributed by atoms with Gasteiger partial charge in [-0.2, -0.15) is 0 Å². The zero-order valence-corrected chi connectivity index (χ0v) is 8.70. The number of tetrazole rings is 1. The third-order valence-corrected chi connectivity index (χ3v) is 2.15. The van der Waals surface area contributed by atoms with Crippen molar-refractivity contribution in [1.29, 1.82) is 0 Å². The van der Waals surface area contributed by atoms with Gasteiger partial charge in [0.25, 0.3) is 0 Å². The quantitative estimate of drug-likeness (QED) is 0.702. The second kappa shape index (κ2) is 4.52. The summed E-state index contributed by atoms with van der Waals surface area (Å²) in [6, 6.07) is 7.20. The van der Waals surface area contributed by atoms with Crippen LogP contribution in [0.25, 0.3) is 0 Å². The fraction of sp³-hybridized carbons (Fsp3) is 0.200. The normalized spacial score (nSPS) is 10.1. The highest BCUT2D eigenvalue weighted by Crippen LogP contribution is 2.10. The number of aromatic nitrogens is 4. The molecule has 1 aromatic heterocycles. The van der Waals surface area contributed by atoms with Crippen molar-refractivity contribution < 1.29 is 9.53 Å². The molecule has 2 aromatic rings. The van der Waals surface area contributed by atoms with Gasteiger partial charge < -0.3 is 4.74 Å². The van der Waals surface area contributed by atoms with Gasteiger partial charge in [0, 0.05) is 0 Å². The lowest BCUT2D eigenvalue weighted by atomic mass is 10.1. The lowest BCUT2D eigenvalue weighted by Gasteiger charge is -2.06. The van der Waals surface area contributed by atoms with Crippen molar-refractivity contribution in [2.45, 2.75) is 6.54 Å². The van der Waals surface area contributed by atoms with Crippen molar-refractivity contribution in [2.24, 2.45) is 0 Å². The third kappa shape index (κ3) is 2.05. The Balaban J connectivity index is 2.30. The minimum Gasteiger partial charge on any atom is -0.465 e. The molecule has 6 nitrogen and oxygen atoms in total. The Morgan fingerprint density at radius 2 is 2.25 bits per heavy atom. The number of rotatable bonds is 3. The molecule has 1 aromatic carbocycles. The molecule has 82 valence electrons. The van der Waals surface area contributed by atoms with Gasteiger partial charge in [-0.25, -0.2) is 9.48 Å². The molecule has 0 fully saturated rings. The average Bonchev–Trinajstić information content (AvgIpc) is 2.82. The molecule has 0 N–H and O–H groups in total. The maximum Gasteiger partial charge on any atom is 0.338 e. The van der Waals surface area contributed by atoms with Crippen LogP contribution in [0.5, 0.6) is 0 Å². The van der Waals surface area contributed by atoms with E-state index in [0.29, 0.717) is 12.1 Å². The van der Waals surface area contributed by atoms with Gasteiger partial charge in [-0.3, -0.25) is 0 Å². The highest BCUT2D eigenvalue weighted by Gasteiger charge is 2.11. The van der Waals surface area contributed by atoms with Crippen molar-refractivity contribution in [1.82, 2.24) is 20.2 Å².